The van der Waals surface area contributed by atoms with Crippen LogP contribution >= 0.6 is 11.6 Å². The third-order valence-electron chi connectivity index (χ3n) is 3.44. The molecule has 1 unspecified atom stereocenters. The number of carbonyl (C=O) groups excluding carboxylic acids is 1. The van der Waals surface area contributed by atoms with Gasteiger partial charge in [-0.05, 0) is 43.7 Å². The molecule has 0 spiro atoms. The van der Waals surface area contributed by atoms with E-state index in [-0.39, 0.29) is 4.90 Å². The Morgan fingerprint density at radius 1 is 1.08 bits per heavy atom. The lowest BCUT2D eigenvalue weighted by atomic mass is 10.2. The number of hydrogen-bond acceptors (Lipinski definition) is 3. The number of carbonyl (C=O) groups is 1. The molecule has 2 aromatic carbocycles. The number of hydrogen-bond donors (Lipinski definition) is 2. The molecule has 0 fully saturated rings. The van der Waals surface area contributed by atoms with Crippen LogP contribution in [0.4, 0.5) is 0 Å². The van der Waals surface area contributed by atoms with E-state index in [0.29, 0.717) is 11.6 Å². The Balaban J connectivity index is 1.95. The van der Waals surface area contributed by atoms with Crippen molar-refractivity contribution in [2.24, 2.45) is 0 Å². The Kier molecular flexibility index (Phi) is 5.99. The highest BCUT2D eigenvalue weighted by Gasteiger charge is 2.21. The summed E-state index contributed by atoms with van der Waals surface area (Å²) in [6.07, 6.45) is 0. The fraction of sp³-hybridized carbons (Fsp3) is 0.235. The number of benzene rings is 2. The van der Waals surface area contributed by atoms with Crippen LogP contribution in [-0.4, -0.2) is 20.4 Å². The summed E-state index contributed by atoms with van der Waals surface area (Å²) in [5.74, 6) is -0.402. The van der Waals surface area contributed by atoms with Gasteiger partial charge in [0, 0.05) is 11.6 Å². The van der Waals surface area contributed by atoms with E-state index < -0.39 is 22.0 Å². The smallest absolute Gasteiger partial charge is 0.241 e. The molecule has 0 aliphatic carbocycles. The quantitative estimate of drug-likeness (QED) is 0.825. The van der Waals surface area contributed by atoms with E-state index in [2.05, 4.69) is 10.0 Å². The van der Waals surface area contributed by atoms with Gasteiger partial charge < -0.3 is 5.32 Å². The summed E-state index contributed by atoms with van der Waals surface area (Å²) in [4.78, 5) is 12.2. The van der Waals surface area contributed by atoms with Crippen LogP contribution in [0.2, 0.25) is 5.02 Å². The first-order chi connectivity index (χ1) is 11.3. The van der Waals surface area contributed by atoms with Gasteiger partial charge in [0.05, 0.1) is 10.9 Å². The average molecular weight is 367 g/mol. The predicted molar refractivity (Wildman–Crippen MR) is 94.3 cm³/mol. The number of amides is 1. The van der Waals surface area contributed by atoms with E-state index in [1.807, 2.05) is 6.92 Å². The molecule has 7 heteroatoms. The molecule has 1 atom stereocenters. The molecule has 2 aromatic rings. The molecule has 5 nitrogen and oxygen atoms in total. The average Bonchev–Trinajstić information content (AvgIpc) is 2.54. The van der Waals surface area contributed by atoms with Gasteiger partial charge >= 0.3 is 0 Å². The maximum absolute atomic E-state index is 12.3. The molecule has 0 aliphatic heterocycles. The summed E-state index contributed by atoms with van der Waals surface area (Å²) in [5, 5.41) is 3.31. The standard InChI is InChI=1S/C17H19ClN2O3S/c1-12-3-9-16(10-4-12)24(22,23)20-13(2)17(21)19-11-14-5-7-15(18)8-6-14/h3-10,13,20H,11H2,1-2H3,(H,19,21). The van der Waals surface area contributed by atoms with E-state index >= 15 is 0 Å². The van der Waals surface area contributed by atoms with Crippen LogP contribution in [0.3, 0.4) is 0 Å². The number of sulfonamides is 1. The van der Waals surface area contributed by atoms with Gasteiger partial charge in [-0.1, -0.05) is 41.4 Å². The van der Waals surface area contributed by atoms with Crippen molar-refractivity contribution in [3.05, 3.63) is 64.7 Å². The summed E-state index contributed by atoms with van der Waals surface area (Å²) < 4.78 is 26.9. The summed E-state index contributed by atoms with van der Waals surface area (Å²) in [5.41, 5.74) is 1.84. The van der Waals surface area contributed by atoms with Gasteiger partial charge in [0.2, 0.25) is 15.9 Å². The third kappa shape index (κ3) is 5.06. The molecule has 0 aliphatic rings. The molecule has 0 bridgehead atoms. The van der Waals surface area contributed by atoms with Crippen molar-refractivity contribution in [2.45, 2.75) is 31.3 Å². The van der Waals surface area contributed by atoms with Gasteiger partial charge in [-0.2, -0.15) is 4.72 Å². The Bertz CT molecular complexity index is 803. The van der Waals surface area contributed by atoms with Gasteiger partial charge in [0.15, 0.2) is 0 Å². The molecule has 2 rings (SSSR count). The monoisotopic (exact) mass is 366 g/mol. The Morgan fingerprint density at radius 3 is 2.25 bits per heavy atom. The van der Waals surface area contributed by atoms with E-state index in [1.165, 1.54) is 19.1 Å². The van der Waals surface area contributed by atoms with Gasteiger partial charge in [0.25, 0.3) is 0 Å². The molecule has 0 saturated carbocycles. The Labute approximate surface area is 147 Å². The van der Waals surface area contributed by atoms with Crippen LogP contribution in [-0.2, 0) is 21.4 Å². The van der Waals surface area contributed by atoms with E-state index in [4.69, 9.17) is 11.6 Å². The molecule has 0 radical (unpaired) electrons. The van der Waals surface area contributed by atoms with E-state index in [9.17, 15) is 13.2 Å². The van der Waals surface area contributed by atoms with Gasteiger partial charge in [0.1, 0.15) is 0 Å². The fourth-order valence-corrected chi connectivity index (χ4v) is 3.35. The molecular weight excluding hydrogens is 348 g/mol. The second kappa shape index (κ2) is 7.79. The molecule has 0 heterocycles. The molecule has 2 N–H and O–H groups in total. The molecule has 1 amide bonds. The molecule has 0 aromatic heterocycles. The minimum absolute atomic E-state index is 0.130. The van der Waals surface area contributed by atoms with Crippen LogP contribution in [0, 0.1) is 6.92 Å². The van der Waals surface area contributed by atoms with Crippen LogP contribution in [0.15, 0.2) is 53.4 Å². The zero-order valence-electron chi connectivity index (χ0n) is 13.4. The van der Waals surface area contributed by atoms with Gasteiger partial charge in [-0.15, -0.1) is 0 Å². The van der Waals surface area contributed by atoms with Crippen molar-refractivity contribution in [3.63, 3.8) is 0 Å². The first-order valence-corrected chi connectivity index (χ1v) is 9.25. The van der Waals surface area contributed by atoms with Gasteiger partial charge in [-0.25, -0.2) is 8.42 Å². The van der Waals surface area contributed by atoms with Crippen molar-refractivity contribution in [1.29, 1.82) is 0 Å². The summed E-state index contributed by atoms with van der Waals surface area (Å²) >= 11 is 5.80. The second-order valence-electron chi connectivity index (χ2n) is 5.50. The third-order valence-corrected chi connectivity index (χ3v) is 5.25. The van der Waals surface area contributed by atoms with Crippen LogP contribution in [0.25, 0.3) is 0 Å². The summed E-state index contributed by atoms with van der Waals surface area (Å²) in [7, 11) is -3.74. The number of halogens is 1. The summed E-state index contributed by atoms with van der Waals surface area (Å²) in [6, 6.07) is 12.6. The fourth-order valence-electron chi connectivity index (χ4n) is 2.02. The molecular formula is C17H19ClN2O3S. The number of nitrogens with one attached hydrogen (secondary N) is 2. The number of aryl methyl sites for hydroxylation is 1. The first-order valence-electron chi connectivity index (χ1n) is 7.39. The lowest BCUT2D eigenvalue weighted by Gasteiger charge is -2.14. The number of rotatable bonds is 6. The normalized spacial score (nSPS) is 12.6. The SMILES string of the molecule is Cc1ccc(S(=O)(=O)NC(C)C(=O)NCc2ccc(Cl)cc2)cc1. The second-order valence-corrected chi connectivity index (χ2v) is 7.65. The van der Waals surface area contributed by atoms with Crippen LogP contribution in [0.5, 0.6) is 0 Å². The molecule has 24 heavy (non-hydrogen) atoms. The van der Waals surface area contributed by atoms with E-state index in [0.717, 1.165) is 11.1 Å². The van der Waals surface area contributed by atoms with E-state index in [1.54, 1.807) is 36.4 Å². The van der Waals surface area contributed by atoms with Crippen molar-refractivity contribution in [1.82, 2.24) is 10.0 Å². The highest BCUT2D eigenvalue weighted by molar-refractivity contribution is 7.89. The minimum Gasteiger partial charge on any atom is -0.351 e. The van der Waals surface area contributed by atoms with Gasteiger partial charge in [-0.3, -0.25) is 4.79 Å². The Hall–Kier alpha value is -1.89. The zero-order chi connectivity index (χ0) is 17.7. The van der Waals surface area contributed by atoms with Crippen molar-refractivity contribution in [2.75, 3.05) is 0 Å². The first kappa shape index (κ1) is 18.4. The largest absolute Gasteiger partial charge is 0.351 e. The van der Waals surface area contributed by atoms with Crippen molar-refractivity contribution < 1.29 is 13.2 Å². The van der Waals surface area contributed by atoms with Crippen molar-refractivity contribution in [3.8, 4) is 0 Å². The van der Waals surface area contributed by atoms with Crippen molar-refractivity contribution >= 4 is 27.5 Å². The summed E-state index contributed by atoms with van der Waals surface area (Å²) in [6.45, 7) is 3.67. The molecule has 128 valence electrons. The van der Waals surface area contributed by atoms with Crippen LogP contribution in [0.1, 0.15) is 18.1 Å². The predicted octanol–water partition coefficient (Wildman–Crippen LogP) is 2.63. The highest BCUT2D eigenvalue weighted by Crippen LogP contribution is 2.11. The van der Waals surface area contributed by atoms with Crippen LogP contribution < -0.4 is 10.0 Å². The Morgan fingerprint density at radius 2 is 1.67 bits per heavy atom. The zero-order valence-corrected chi connectivity index (χ0v) is 15.0. The molecule has 0 saturated heterocycles. The highest BCUT2D eigenvalue weighted by atomic mass is 35.5. The topological polar surface area (TPSA) is 75.3 Å². The lowest BCUT2D eigenvalue weighted by Crippen LogP contribution is -2.44. The maximum Gasteiger partial charge on any atom is 0.241 e. The minimum atomic E-state index is -3.74. The lowest BCUT2D eigenvalue weighted by molar-refractivity contribution is -0.122. The maximum atomic E-state index is 12.3.